The predicted octanol–water partition coefficient (Wildman–Crippen LogP) is 2.62. The van der Waals surface area contributed by atoms with Crippen LogP contribution in [0.25, 0.3) is 0 Å². The van der Waals surface area contributed by atoms with Crippen molar-refractivity contribution in [3.63, 3.8) is 0 Å². The fraction of sp³-hybridized carbons (Fsp3) is 0.333. The summed E-state index contributed by atoms with van der Waals surface area (Å²) in [5.41, 5.74) is 2.29. The van der Waals surface area contributed by atoms with Crippen LogP contribution in [0.2, 0.25) is 0 Å². The van der Waals surface area contributed by atoms with Gasteiger partial charge in [-0.25, -0.2) is 0 Å². The van der Waals surface area contributed by atoms with Gasteiger partial charge in [-0.05, 0) is 36.5 Å². The average molecular weight is 349 g/mol. The molecule has 1 saturated heterocycles. The second-order valence-corrected chi connectivity index (χ2v) is 6.62. The number of carbonyl (C=O) groups is 1. The van der Waals surface area contributed by atoms with Crippen LogP contribution in [-0.2, 0) is 4.79 Å². The van der Waals surface area contributed by atoms with Crippen molar-refractivity contribution in [2.24, 2.45) is 5.92 Å². The van der Waals surface area contributed by atoms with Gasteiger partial charge in [0.05, 0.1) is 11.3 Å². The number of nitriles is 1. The Balaban J connectivity index is 1.49. The molecule has 1 unspecified atom stereocenters. The molecule has 1 aliphatic rings. The van der Waals surface area contributed by atoms with E-state index >= 15 is 0 Å². The van der Waals surface area contributed by atoms with Gasteiger partial charge in [0.1, 0.15) is 6.07 Å². The highest BCUT2D eigenvalue weighted by molar-refractivity contribution is 5.81. The van der Waals surface area contributed by atoms with Gasteiger partial charge in [0, 0.05) is 19.6 Å². The van der Waals surface area contributed by atoms with Gasteiger partial charge in [0.2, 0.25) is 0 Å². The van der Waals surface area contributed by atoms with E-state index in [-0.39, 0.29) is 5.91 Å². The predicted molar refractivity (Wildman–Crippen MR) is 101 cm³/mol. The lowest BCUT2D eigenvalue weighted by Gasteiger charge is -2.34. The Hall–Kier alpha value is -2.84. The maximum Gasteiger partial charge on any atom is 0.253 e. The smallest absolute Gasteiger partial charge is 0.253 e. The van der Waals surface area contributed by atoms with Crippen LogP contribution in [0.3, 0.4) is 0 Å². The number of hydrogen-bond donors (Lipinski definition) is 2. The average Bonchev–Trinajstić information content (AvgIpc) is 2.72. The van der Waals surface area contributed by atoms with Crippen LogP contribution in [0.1, 0.15) is 30.1 Å². The van der Waals surface area contributed by atoms with Gasteiger partial charge in [-0.1, -0.05) is 42.5 Å². The second kappa shape index (κ2) is 8.50. The number of para-hydroxylation sites is 1. The van der Waals surface area contributed by atoms with E-state index in [1.54, 1.807) is 24.3 Å². The van der Waals surface area contributed by atoms with Crippen molar-refractivity contribution in [1.29, 1.82) is 5.26 Å². The van der Waals surface area contributed by atoms with Gasteiger partial charge in [-0.3, -0.25) is 4.79 Å². The lowest BCUT2D eigenvalue weighted by atomic mass is 9.95. The van der Waals surface area contributed by atoms with Crippen molar-refractivity contribution in [1.82, 2.24) is 5.32 Å². The van der Waals surface area contributed by atoms with E-state index in [2.05, 4.69) is 16.3 Å². The number of hydrogen-bond acceptors (Lipinski definition) is 4. The zero-order valence-electron chi connectivity index (χ0n) is 14.6. The molecule has 26 heavy (non-hydrogen) atoms. The van der Waals surface area contributed by atoms with Gasteiger partial charge in [0.25, 0.3) is 5.91 Å². The van der Waals surface area contributed by atoms with Gasteiger partial charge in [-0.15, -0.1) is 0 Å². The van der Waals surface area contributed by atoms with Gasteiger partial charge in [-0.2, -0.15) is 5.26 Å². The Morgan fingerprint density at radius 3 is 2.50 bits per heavy atom. The molecule has 1 aliphatic heterocycles. The zero-order chi connectivity index (χ0) is 18.4. The van der Waals surface area contributed by atoms with Crippen molar-refractivity contribution >= 4 is 11.6 Å². The first-order chi connectivity index (χ1) is 12.7. The summed E-state index contributed by atoms with van der Waals surface area (Å²) in [6.07, 6.45) is 0.766. The van der Waals surface area contributed by atoms with E-state index < -0.39 is 6.10 Å². The Labute approximate surface area is 153 Å². The lowest BCUT2D eigenvalue weighted by Crippen LogP contribution is -2.40. The minimum Gasteiger partial charge on any atom is -0.378 e. The van der Waals surface area contributed by atoms with Crippen molar-refractivity contribution in [3.05, 3.63) is 65.7 Å². The normalized spacial score (nSPS) is 15.9. The molecule has 5 heteroatoms. The molecule has 0 bridgehead atoms. The fourth-order valence-corrected chi connectivity index (χ4v) is 3.35. The second-order valence-electron chi connectivity index (χ2n) is 6.62. The van der Waals surface area contributed by atoms with E-state index in [1.165, 1.54) is 0 Å². The van der Waals surface area contributed by atoms with Crippen LogP contribution >= 0.6 is 0 Å². The molecule has 1 fully saturated rings. The molecule has 2 N–H and O–H groups in total. The summed E-state index contributed by atoms with van der Waals surface area (Å²) >= 11 is 0. The van der Waals surface area contributed by atoms with Crippen LogP contribution in [0.15, 0.2) is 54.6 Å². The molecule has 5 nitrogen and oxygen atoms in total. The summed E-state index contributed by atoms with van der Waals surface area (Å²) in [4.78, 5) is 14.4. The topological polar surface area (TPSA) is 76.4 Å². The Morgan fingerprint density at radius 1 is 1.15 bits per heavy atom. The molecule has 0 spiro atoms. The molecule has 0 aromatic heterocycles. The number of piperidine rings is 1. The van der Waals surface area contributed by atoms with E-state index in [0.717, 1.165) is 31.6 Å². The molecule has 1 heterocycles. The summed E-state index contributed by atoms with van der Waals surface area (Å²) in [5.74, 6) is 0.0286. The first-order valence-electron chi connectivity index (χ1n) is 8.94. The number of aliphatic hydroxyl groups is 1. The van der Waals surface area contributed by atoms with E-state index in [1.807, 2.05) is 30.3 Å². The van der Waals surface area contributed by atoms with E-state index in [9.17, 15) is 15.2 Å². The van der Waals surface area contributed by atoms with Crippen LogP contribution in [0.5, 0.6) is 0 Å². The molecule has 2 aromatic rings. The lowest BCUT2D eigenvalue weighted by molar-refractivity contribution is -0.129. The van der Waals surface area contributed by atoms with Crippen LogP contribution in [0, 0.1) is 17.2 Å². The number of benzene rings is 2. The number of carbonyl (C=O) groups excluding carboxylic acids is 1. The van der Waals surface area contributed by atoms with Crippen LogP contribution in [0.4, 0.5) is 5.69 Å². The van der Waals surface area contributed by atoms with Crippen molar-refractivity contribution in [2.75, 3.05) is 24.5 Å². The Kier molecular flexibility index (Phi) is 5.88. The highest BCUT2D eigenvalue weighted by Crippen LogP contribution is 2.25. The minimum atomic E-state index is -1.13. The molecule has 1 amide bonds. The summed E-state index contributed by atoms with van der Waals surface area (Å²) in [5, 5.41) is 22.2. The maximum absolute atomic E-state index is 12.1. The fourth-order valence-electron chi connectivity index (χ4n) is 3.35. The molecule has 1 atom stereocenters. The third-order valence-electron chi connectivity index (χ3n) is 4.91. The zero-order valence-corrected chi connectivity index (χ0v) is 14.6. The van der Waals surface area contributed by atoms with Crippen LogP contribution in [-0.4, -0.2) is 30.6 Å². The number of anilines is 1. The number of aliphatic hydroxyl groups excluding tert-OH is 1. The minimum absolute atomic E-state index is 0.353. The summed E-state index contributed by atoms with van der Waals surface area (Å²) < 4.78 is 0. The highest BCUT2D eigenvalue weighted by Gasteiger charge is 2.23. The molecule has 0 aliphatic carbocycles. The molecular weight excluding hydrogens is 326 g/mol. The first-order valence-corrected chi connectivity index (χ1v) is 8.94. The number of rotatable bonds is 5. The number of amides is 1. The number of nitrogens with one attached hydrogen (secondary N) is 1. The van der Waals surface area contributed by atoms with Gasteiger partial charge in [0.15, 0.2) is 6.10 Å². The molecule has 3 rings (SSSR count). The molecule has 0 saturated carbocycles. The maximum atomic E-state index is 12.1. The SMILES string of the molecule is N#Cc1ccccc1N1CCC(CNC(=O)C(O)c2ccccc2)CC1. The third-order valence-corrected chi connectivity index (χ3v) is 4.91. The van der Waals surface area contributed by atoms with E-state index in [4.69, 9.17) is 0 Å². The number of nitrogens with zero attached hydrogens (tertiary/aromatic N) is 2. The first kappa shape index (κ1) is 18.0. The monoisotopic (exact) mass is 349 g/mol. The summed E-state index contributed by atoms with van der Waals surface area (Å²) in [7, 11) is 0. The standard InChI is InChI=1S/C21H23N3O2/c22-14-18-8-4-5-9-19(18)24-12-10-16(11-13-24)15-23-21(26)20(25)17-6-2-1-3-7-17/h1-9,16,20,25H,10-13,15H2,(H,23,26). The van der Waals surface area contributed by atoms with Crippen LogP contribution < -0.4 is 10.2 Å². The van der Waals surface area contributed by atoms with Gasteiger partial charge >= 0.3 is 0 Å². The largest absolute Gasteiger partial charge is 0.378 e. The molecule has 134 valence electrons. The summed E-state index contributed by atoms with van der Waals surface area (Å²) in [6, 6.07) is 18.9. The van der Waals surface area contributed by atoms with Crippen molar-refractivity contribution in [2.45, 2.75) is 18.9 Å². The quantitative estimate of drug-likeness (QED) is 0.870. The van der Waals surface area contributed by atoms with Crippen molar-refractivity contribution in [3.8, 4) is 6.07 Å². The highest BCUT2D eigenvalue weighted by atomic mass is 16.3. The summed E-state index contributed by atoms with van der Waals surface area (Å²) in [6.45, 7) is 2.29. The Morgan fingerprint density at radius 2 is 1.81 bits per heavy atom. The third kappa shape index (κ3) is 4.22. The van der Waals surface area contributed by atoms with Crippen molar-refractivity contribution < 1.29 is 9.90 Å². The Bertz CT molecular complexity index is 777. The molecule has 0 radical (unpaired) electrons. The van der Waals surface area contributed by atoms with Gasteiger partial charge < -0.3 is 15.3 Å². The molecular formula is C21H23N3O2. The molecule has 2 aromatic carbocycles. The van der Waals surface area contributed by atoms with E-state index in [0.29, 0.717) is 23.6 Å².